The molecule has 1 unspecified atom stereocenters. The molecule has 3 aliphatic heterocycles. The number of rotatable bonds is 8. The molecule has 234 valence electrons. The summed E-state index contributed by atoms with van der Waals surface area (Å²) in [5, 5.41) is 14.3. The second-order valence-electron chi connectivity index (χ2n) is 11.8. The molecule has 46 heavy (non-hydrogen) atoms. The van der Waals surface area contributed by atoms with Gasteiger partial charge in [-0.15, -0.1) is 0 Å². The van der Waals surface area contributed by atoms with Gasteiger partial charge < -0.3 is 10.2 Å². The van der Waals surface area contributed by atoms with Crippen LogP contribution in [0.25, 0.3) is 0 Å². The second-order valence-corrected chi connectivity index (χ2v) is 11.8. The highest BCUT2D eigenvalue weighted by Gasteiger charge is 2.45. The molecule has 0 aliphatic carbocycles. The van der Waals surface area contributed by atoms with Crippen LogP contribution in [0.4, 0.5) is 5.69 Å². The van der Waals surface area contributed by atoms with Gasteiger partial charge in [-0.2, -0.15) is 10.2 Å². The number of fused-ring (bicyclic) bond motifs is 1. The fourth-order valence-corrected chi connectivity index (χ4v) is 6.43. The molecule has 5 amide bonds. The molecule has 5 heterocycles. The number of imide groups is 2. The van der Waals surface area contributed by atoms with Crippen LogP contribution in [0.15, 0.2) is 73.3 Å². The highest BCUT2D eigenvalue weighted by atomic mass is 16.2. The van der Waals surface area contributed by atoms with Crippen molar-refractivity contribution in [3.63, 3.8) is 0 Å². The van der Waals surface area contributed by atoms with Gasteiger partial charge in [0.1, 0.15) is 6.04 Å². The molecule has 13 nitrogen and oxygen atoms in total. The molecule has 2 aromatic carbocycles. The second kappa shape index (κ2) is 12.1. The summed E-state index contributed by atoms with van der Waals surface area (Å²) in [5.41, 5.74) is 3.51. The number of carbonyl (C=O) groups is 5. The van der Waals surface area contributed by atoms with Crippen molar-refractivity contribution in [2.45, 2.75) is 50.9 Å². The van der Waals surface area contributed by atoms with Gasteiger partial charge in [-0.25, -0.2) is 0 Å². The molecule has 2 saturated heterocycles. The van der Waals surface area contributed by atoms with E-state index in [4.69, 9.17) is 0 Å². The van der Waals surface area contributed by atoms with Gasteiger partial charge >= 0.3 is 0 Å². The van der Waals surface area contributed by atoms with Crippen molar-refractivity contribution < 1.29 is 24.0 Å². The Bertz CT molecular complexity index is 1840. The number of nitrogens with one attached hydrogen (secondary N) is 2. The molecular formula is C33H32N8O5. The Morgan fingerprint density at radius 3 is 2.54 bits per heavy atom. The SMILES string of the molecule is O=C1CCC(N2C(=O)c3cccc(NCc4cnn(C5CCN(C(=O)c6cccc(Cn7cccn7)c6)CC5)c4)c3C2=O)C(=O)N1. The summed E-state index contributed by atoms with van der Waals surface area (Å²) in [6, 6.07) is 13.7. The van der Waals surface area contributed by atoms with Crippen LogP contribution >= 0.6 is 0 Å². The van der Waals surface area contributed by atoms with Gasteiger partial charge in [-0.3, -0.25) is 43.6 Å². The van der Waals surface area contributed by atoms with Gasteiger partial charge in [0, 0.05) is 61.5 Å². The Morgan fingerprint density at radius 2 is 1.76 bits per heavy atom. The lowest BCUT2D eigenvalue weighted by atomic mass is 10.0. The number of piperidine rings is 2. The number of hydrogen-bond donors (Lipinski definition) is 2. The lowest BCUT2D eigenvalue weighted by Crippen LogP contribution is -2.54. The topological polar surface area (TPSA) is 152 Å². The van der Waals surface area contributed by atoms with Crippen LogP contribution in [0, 0.1) is 0 Å². The summed E-state index contributed by atoms with van der Waals surface area (Å²) in [4.78, 5) is 66.6. The smallest absolute Gasteiger partial charge is 0.264 e. The Labute approximate surface area is 264 Å². The average molecular weight is 621 g/mol. The molecule has 2 N–H and O–H groups in total. The zero-order valence-corrected chi connectivity index (χ0v) is 25.0. The molecule has 4 aromatic rings. The minimum atomic E-state index is -1.02. The van der Waals surface area contributed by atoms with Gasteiger partial charge in [-0.1, -0.05) is 18.2 Å². The van der Waals surface area contributed by atoms with Crippen LogP contribution in [0.2, 0.25) is 0 Å². The maximum atomic E-state index is 13.4. The third-order valence-corrected chi connectivity index (χ3v) is 8.81. The van der Waals surface area contributed by atoms with Crippen molar-refractivity contribution in [2.24, 2.45) is 0 Å². The van der Waals surface area contributed by atoms with Crippen molar-refractivity contribution in [3.8, 4) is 0 Å². The highest BCUT2D eigenvalue weighted by Crippen LogP contribution is 2.33. The first kappa shape index (κ1) is 29.1. The molecule has 2 fully saturated rings. The average Bonchev–Trinajstić information content (AvgIpc) is 3.81. The van der Waals surface area contributed by atoms with Gasteiger partial charge in [0.05, 0.1) is 29.9 Å². The molecule has 0 spiro atoms. The fourth-order valence-electron chi connectivity index (χ4n) is 6.43. The number of likely N-dealkylation sites (tertiary alicyclic amines) is 1. The van der Waals surface area contributed by atoms with Gasteiger partial charge in [0.15, 0.2) is 0 Å². The lowest BCUT2D eigenvalue weighted by molar-refractivity contribution is -0.136. The van der Waals surface area contributed by atoms with E-state index in [2.05, 4.69) is 20.8 Å². The zero-order chi connectivity index (χ0) is 31.8. The molecule has 7 rings (SSSR count). The number of amides is 5. The molecular weight excluding hydrogens is 588 g/mol. The number of benzene rings is 2. The summed E-state index contributed by atoms with van der Waals surface area (Å²) in [6.45, 7) is 2.21. The summed E-state index contributed by atoms with van der Waals surface area (Å²) < 4.78 is 3.76. The van der Waals surface area contributed by atoms with E-state index in [-0.39, 0.29) is 35.9 Å². The first-order valence-corrected chi connectivity index (χ1v) is 15.3. The van der Waals surface area contributed by atoms with Crippen molar-refractivity contribution in [2.75, 3.05) is 18.4 Å². The van der Waals surface area contributed by atoms with Crippen LogP contribution in [0.1, 0.15) is 73.9 Å². The monoisotopic (exact) mass is 620 g/mol. The Kier molecular flexibility index (Phi) is 7.64. The van der Waals surface area contributed by atoms with E-state index >= 15 is 0 Å². The third-order valence-electron chi connectivity index (χ3n) is 8.81. The number of nitrogens with zero attached hydrogens (tertiary/aromatic N) is 6. The van der Waals surface area contributed by atoms with E-state index in [1.165, 1.54) is 0 Å². The Morgan fingerprint density at radius 1 is 0.935 bits per heavy atom. The predicted octanol–water partition coefficient (Wildman–Crippen LogP) is 2.62. The molecule has 0 bridgehead atoms. The normalized spacial score (nSPS) is 18.6. The largest absolute Gasteiger partial charge is 0.380 e. The minimum Gasteiger partial charge on any atom is -0.380 e. The van der Waals surface area contributed by atoms with E-state index in [1.54, 1.807) is 30.6 Å². The summed E-state index contributed by atoms with van der Waals surface area (Å²) in [5.74, 6) is -2.13. The molecule has 0 radical (unpaired) electrons. The standard InChI is InChI=1S/C33H32N8O5/c42-28-9-8-27(30(43)37-28)41-32(45)25-6-2-7-26(29(25)33(41)46)34-17-22-18-36-40(20-22)24-10-14-38(15-11-24)31(44)23-5-1-4-21(16-23)19-39-13-3-12-35-39/h1-7,12-13,16,18,20,24,27,34H,8-11,14-15,17,19H2,(H,37,42,43). The molecule has 13 heteroatoms. The van der Waals surface area contributed by atoms with E-state index in [9.17, 15) is 24.0 Å². The van der Waals surface area contributed by atoms with Crippen LogP contribution < -0.4 is 10.6 Å². The number of hydrogen-bond acceptors (Lipinski definition) is 8. The predicted molar refractivity (Wildman–Crippen MR) is 165 cm³/mol. The van der Waals surface area contributed by atoms with E-state index < -0.39 is 29.7 Å². The molecule has 2 aromatic heterocycles. The van der Waals surface area contributed by atoms with Gasteiger partial charge in [0.25, 0.3) is 17.7 Å². The Balaban J connectivity index is 0.957. The van der Waals surface area contributed by atoms with E-state index in [0.717, 1.165) is 28.9 Å². The van der Waals surface area contributed by atoms with Crippen LogP contribution in [0.5, 0.6) is 0 Å². The molecule has 0 saturated carbocycles. The van der Waals surface area contributed by atoms with Crippen LogP contribution in [-0.2, 0) is 22.7 Å². The van der Waals surface area contributed by atoms with Crippen molar-refractivity contribution in [1.29, 1.82) is 0 Å². The van der Waals surface area contributed by atoms with Crippen LogP contribution in [-0.4, -0.2) is 78.0 Å². The van der Waals surface area contributed by atoms with E-state index in [0.29, 0.717) is 37.4 Å². The van der Waals surface area contributed by atoms with Gasteiger partial charge in [-0.05, 0) is 55.2 Å². The summed E-state index contributed by atoms with van der Waals surface area (Å²) in [6.07, 6.45) is 9.06. The molecule has 3 aliphatic rings. The highest BCUT2D eigenvalue weighted by molar-refractivity contribution is 6.25. The van der Waals surface area contributed by atoms with Crippen molar-refractivity contribution in [1.82, 2.24) is 34.7 Å². The first-order chi connectivity index (χ1) is 22.4. The summed E-state index contributed by atoms with van der Waals surface area (Å²) in [7, 11) is 0. The maximum absolute atomic E-state index is 13.4. The summed E-state index contributed by atoms with van der Waals surface area (Å²) >= 11 is 0. The molecule has 1 atom stereocenters. The van der Waals surface area contributed by atoms with E-state index in [1.807, 2.05) is 57.0 Å². The maximum Gasteiger partial charge on any atom is 0.264 e. The Hall–Kier alpha value is -5.59. The quantitative estimate of drug-likeness (QED) is 0.285. The fraction of sp³-hybridized carbons (Fsp3) is 0.303. The van der Waals surface area contributed by atoms with Crippen molar-refractivity contribution >= 4 is 35.2 Å². The lowest BCUT2D eigenvalue weighted by Gasteiger charge is -2.32. The first-order valence-electron chi connectivity index (χ1n) is 15.3. The number of aromatic nitrogens is 4. The number of carbonyl (C=O) groups excluding carboxylic acids is 5. The number of anilines is 1. The van der Waals surface area contributed by atoms with Crippen molar-refractivity contribution in [3.05, 3.63) is 101 Å². The van der Waals surface area contributed by atoms with Gasteiger partial charge in [0.2, 0.25) is 11.8 Å². The van der Waals surface area contributed by atoms with Crippen LogP contribution in [0.3, 0.4) is 0 Å². The minimum absolute atomic E-state index is 0.0192. The zero-order valence-electron chi connectivity index (χ0n) is 25.0. The third kappa shape index (κ3) is 5.55.